The number of nitrogens with zero attached hydrogens (tertiary/aromatic N) is 1. The van der Waals surface area contributed by atoms with Crippen molar-refractivity contribution in [2.75, 3.05) is 7.05 Å². The number of rotatable bonds is 4. The maximum Gasteiger partial charge on any atom is 0.289 e. The average Bonchev–Trinajstić information content (AvgIpc) is 3.18. The molecule has 1 N–H and O–H groups in total. The molecule has 0 saturated carbocycles. The number of aliphatic hydroxyl groups is 1. The smallest absolute Gasteiger partial charge is 0.289 e. The molecule has 1 atom stereocenters. The average molecular weight is 325 g/mol. The normalized spacial score (nSPS) is 17.9. The van der Waals surface area contributed by atoms with E-state index in [1.54, 1.807) is 13.1 Å². The molecule has 0 spiro atoms. The second kappa shape index (κ2) is 6.00. The Kier molecular flexibility index (Phi) is 4.01. The Balaban J connectivity index is 2.04. The fraction of sp³-hybridized carbons (Fsp3) is 0.263. The molecule has 5 heteroatoms. The first kappa shape index (κ1) is 16.1. The third-order valence-corrected chi connectivity index (χ3v) is 4.35. The molecular weight excluding hydrogens is 306 g/mol. The number of hydrogen-bond acceptors (Lipinski definition) is 4. The summed E-state index contributed by atoms with van der Waals surface area (Å²) in [6.45, 7) is 4.19. The van der Waals surface area contributed by atoms with E-state index in [2.05, 4.69) is 13.8 Å². The van der Waals surface area contributed by atoms with Crippen LogP contribution in [0.5, 0.6) is 0 Å². The van der Waals surface area contributed by atoms with Gasteiger partial charge in [0.25, 0.3) is 5.91 Å². The van der Waals surface area contributed by atoms with Crippen LogP contribution in [0, 0.1) is 0 Å². The van der Waals surface area contributed by atoms with Crippen molar-refractivity contribution in [3.8, 4) is 0 Å². The lowest BCUT2D eigenvalue weighted by Gasteiger charge is -2.22. The number of benzene rings is 1. The second-order valence-electron chi connectivity index (χ2n) is 6.21. The van der Waals surface area contributed by atoms with E-state index in [0.29, 0.717) is 5.92 Å². The summed E-state index contributed by atoms with van der Waals surface area (Å²) in [5, 5.41) is 10.2. The summed E-state index contributed by atoms with van der Waals surface area (Å²) in [7, 11) is 1.57. The maximum absolute atomic E-state index is 12.7. The van der Waals surface area contributed by atoms with Crippen LogP contribution >= 0.6 is 0 Å². The summed E-state index contributed by atoms with van der Waals surface area (Å²) >= 11 is 0. The van der Waals surface area contributed by atoms with Crippen molar-refractivity contribution in [1.29, 1.82) is 0 Å². The van der Waals surface area contributed by atoms with Crippen LogP contribution in [0.2, 0.25) is 0 Å². The standard InChI is InChI=1S/C19H19NO4/c1-11(2)12-6-8-13(9-7-12)16-15(18(22)19(23)20(16)3)17(21)14-5-4-10-24-14/h4-11,16,22H,1-3H3. The Bertz CT molecular complexity index is 800. The topological polar surface area (TPSA) is 70.7 Å². The molecular formula is C19H19NO4. The molecule has 24 heavy (non-hydrogen) atoms. The highest BCUT2D eigenvalue weighted by Gasteiger charge is 2.42. The summed E-state index contributed by atoms with van der Waals surface area (Å²) in [6, 6.07) is 10.2. The van der Waals surface area contributed by atoms with E-state index in [4.69, 9.17) is 4.42 Å². The summed E-state index contributed by atoms with van der Waals surface area (Å²) in [5.41, 5.74) is 1.99. The highest BCUT2D eigenvalue weighted by molar-refractivity contribution is 6.14. The van der Waals surface area contributed by atoms with E-state index >= 15 is 0 Å². The van der Waals surface area contributed by atoms with Gasteiger partial charge in [-0.2, -0.15) is 0 Å². The molecule has 1 aliphatic heterocycles. The van der Waals surface area contributed by atoms with Gasteiger partial charge in [0.1, 0.15) is 0 Å². The zero-order valence-electron chi connectivity index (χ0n) is 13.8. The third-order valence-electron chi connectivity index (χ3n) is 4.35. The number of furan rings is 1. The van der Waals surface area contributed by atoms with Gasteiger partial charge in [-0.25, -0.2) is 0 Å². The van der Waals surface area contributed by atoms with Gasteiger partial charge in [0.2, 0.25) is 5.78 Å². The van der Waals surface area contributed by atoms with Crippen LogP contribution in [0.4, 0.5) is 0 Å². The summed E-state index contributed by atoms with van der Waals surface area (Å²) in [6.07, 6.45) is 1.39. The molecule has 3 rings (SSSR count). The quantitative estimate of drug-likeness (QED) is 0.872. The summed E-state index contributed by atoms with van der Waals surface area (Å²) in [4.78, 5) is 26.2. The van der Waals surface area contributed by atoms with Crippen LogP contribution in [0.15, 0.2) is 58.4 Å². The maximum atomic E-state index is 12.7. The molecule has 2 heterocycles. The summed E-state index contributed by atoms with van der Waals surface area (Å²) in [5.74, 6) is -1.08. The fourth-order valence-corrected chi connectivity index (χ4v) is 2.95. The minimum Gasteiger partial charge on any atom is -0.503 e. The Morgan fingerprint density at radius 2 is 1.88 bits per heavy atom. The third kappa shape index (κ3) is 2.52. The fourth-order valence-electron chi connectivity index (χ4n) is 2.95. The Labute approximate surface area is 140 Å². The number of aliphatic hydroxyl groups excluding tert-OH is 1. The van der Waals surface area contributed by atoms with Gasteiger partial charge in [0.15, 0.2) is 11.5 Å². The Morgan fingerprint density at radius 3 is 2.42 bits per heavy atom. The molecule has 0 bridgehead atoms. The lowest BCUT2D eigenvalue weighted by atomic mass is 9.93. The second-order valence-corrected chi connectivity index (χ2v) is 6.21. The molecule has 0 aliphatic carbocycles. The first-order valence-corrected chi connectivity index (χ1v) is 7.80. The number of hydrogen-bond donors (Lipinski definition) is 1. The molecule has 0 radical (unpaired) electrons. The zero-order valence-corrected chi connectivity index (χ0v) is 13.8. The van der Waals surface area contributed by atoms with Crippen LogP contribution in [0.25, 0.3) is 0 Å². The van der Waals surface area contributed by atoms with Crippen molar-refractivity contribution >= 4 is 11.7 Å². The highest BCUT2D eigenvalue weighted by atomic mass is 16.3. The SMILES string of the molecule is CC(C)c1ccc(C2C(C(=O)c3ccco3)=C(O)C(=O)N2C)cc1. The molecule has 5 nitrogen and oxygen atoms in total. The number of Topliss-reactive ketones (excluding diaryl/α,β-unsaturated/α-hetero) is 1. The molecule has 124 valence electrons. The van der Waals surface area contributed by atoms with Crippen LogP contribution in [0.1, 0.15) is 47.5 Å². The lowest BCUT2D eigenvalue weighted by Crippen LogP contribution is -2.26. The lowest BCUT2D eigenvalue weighted by molar-refractivity contribution is -0.128. The van der Waals surface area contributed by atoms with Crippen LogP contribution in [0.3, 0.4) is 0 Å². The predicted octanol–water partition coefficient (Wildman–Crippen LogP) is 3.61. The van der Waals surface area contributed by atoms with Gasteiger partial charge in [0, 0.05) is 7.05 Å². The van der Waals surface area contributed by atoms with Gasteiger partial charge < -0.3 is 14.4 Å². The van der Waals surface area contributed by atoms with Gasteiger partial charge in [0.05, 0.1) is 17.9 Å². The molecule has 1 aliphatic rings. The molecule has 1 amide bonds. The molecule has 0 saturated heterocycles. The predicted molar refractivity (Wildman–Crippen MR) is 88.7 cm³/mol. The summed E-state index contributed by atoms with van der Waals surface area (Å²) < 4.78 is 5.14. The van der Waals surface area contributed by atoms with Crippen LogP contribution in [-0.4, -0.2) is 28.7 Å². The van der Waals surface area contributed by atoms with E-state index in [-0.39, 0.29) is 11.3 Å². The van der Waals surface area contributed by atoms with Crippen molar-refractivity contribution in [2.45, 2.75) is 25.8 Å². The van der Waals surface area contributed by atoms with Crippen molar-refractivity contribution in [2.24, 2.45) is 0 Å². The van der Waals surface area contributed by atoms with E-state index in [1.807, 2.05) is 24.3 Å². The monoisotopic (exact) mass is 325 g/mol. The van der Waals surface area contributed by atoms with E-state index < -0.39 is 23.5 Å². The van der Waals surface area contributed by atoms with Gasteiger partial charge in [-0.1, -0.05) is 38.1 Å². The number of amides is 1. The number of carbonyl (C=O) groups excluding carboxylic acids is 2. The molecule has 1 unspecified atom stereocenters. The van der Waals surface area contributed by atoms with Gasteiger partial charge >= 0.3 is 0 Å². The largest absolute Gasteiger partial charge is 0.503 e. The van der Waals surface area contributed by atoms with Crippen LogP contribution in [-0.2, 0) is 4.79 Å². The van der Waals surface area contributed by atoms with Gasteiger partial charge in [-0.05, 0) is 29.2 Å². The molecule has 1 aromatic carbocycles. The first-order valence-electron chi connectivity index (χ1n) is 7.80. The van der Waals surface area contributed by atoms with E-state index in [9.17, 15) is 14.7 Å². The van der Waals surface area contributed by atoms with Crippen molar-refractivity contribution in [3.63, 3.8) is 0 Å². The Morgan fingerprint density at radius 1 is 1.21 bits per heavy atom. The number of carbonyl (C=O) groups is 2. The van der Waals surface area contributed by atoms with Crippen molar-refractivity contribution in [3.05, 3.63) is 70.9 Å². The first-order chi connectivity index (χ1) is 11.4. The number of likely N-dealkylation sites (N-methyl/N-ethyl adjacent to an activating group) is 1. The van der Waals surface area contributed by atoms with E-state index in [0.717, 1.165) is 11.1 Å². The molecule has 0 fully saturated rings. The van der Waals surface area contributed by atoms with Crippen molar-refractivity contribution in [1.82, 2.24) is 4.90 Å². The molecule has 2 aromatic rings. The minimum atomic E-state index is -0.628. The van der Waals surface area contributed by atoms with Gasteiger partial charge in [-0.15, -0.1) is 0 Å². The van der Waals surface area contributed by atoms with Crippen LogP contribution < -0.4 is 0 Å². The minimum absolute atomic E-state index is 0.0507. The highest BCUT2D eigenvalue weighted by Crippen LogP contribution is 2.38. The Hall–Kier alpha value is -2.82. The van der Waals surface area contributed by atoms with Crippen molar-refractivity contribution < 1.29 is 19.1 Å². The van der Waals surface area contributed by atoms with E-state index in [1.165, 1.54) is 17.2 Å². The zero-order chi connectivity index (χ0) is 17.4. The number of ketones is 1. The molecule has 1 aromatic heterocycles. The van der Waals surface area contributed by atoms with Gasteiger partial charge in [-0.3, -0.25) is 9.59 Å².